The number of benzene rings is 1. The van der Waals surface area contributed by atoms with Crippen molar-refractivity contribution in [2.75, 3.05) is 23.3 Å². The highest BCUT2D eigenvalue weighted by molar-refractivity contribution is 5.64. The molecule has 3 aromatic rings. The fraction of sp³-hybridized carbons (Fsp3) is 0.364. The van der Waals surface area contributed by atoms with Crippen molar-refractivity contribution >= 4 is 17.3 Å². The summed E-state index contributed by atoms with van der Waals surface area (Å²) in [4.78, 5) is 11.3. The van der Waals surface area contributed by atoms with Crippen molar-refractivity contribution in [1.82, 2.24) is 14.5 Å². The molecule has 0 aliphatic carbocycles. The van der Waals surface area contributed by atoms with Crippen molar-refractivity contribution in [3.05, 3.63) is 59.0 Å². The van der Waals surface area contributed by atoms with Gasteiger partial charge in [0.25, 0.3) is 0 Å². The number of anilines is 3. The first-order valence-electron chi connectivity index (χ1n) is 9.87. The first kappa shape index (κ1) is 19.4. The Bertz CT molecular complexity index is 1030. The molecule has 1 atom stereocenters. The Morgan fingerprint density at radius 2 is 1.97 bits per heavy atom. The number of aliphatic hydroxyl groups excluding tert-OH is 2. The SMILES string of the molecule is Cc1cn(-c2nc(Nc3ccc(N4CC[C@H](O)C4)c(C)c3)ncc2C)cc1CO. The van der Waals surface area contributed by atoms with Crippen LogP contribution < -0.4 is 10.2 Å². The van der Waals surface area contributed by atoms with Crippen LogP contribution in [-0.2, 0) is 6.61 Å². The van der Waals surface area contributed by atoms with Crippen molar-refractivity contribution in [3.63, 3.8) is 0 Å². The zero-order valence-electron chi connectivity index (χ0n) is 17.1. The van der Waals surface area contributed by atoms with Crippen LogP contribution in [0.3, 0.4) is 0 Å². The van der Waals surface area contributed by atoms with E-state index in [0.29, 0.717) is 12.5 Å². The maximum atomic E-state index is 9.79. The lowest BCUT2D eigenvalue weighted by Gasteiger charge is -2.21. The zero-order chi connectivity index (χ0) is 20.5. The molecule has 152 valence electrons. The number of hydrogen-bond acceptors (Lipinski definition) is 6. The second-order valence-corrected chi connectivity index (χ2v) is 7.75. The minimum atomic E-state index is -0.241. The Morgan fingerprint density at radius 1 is 1.14 bits per heavy atom. The van der Waals surface area contributed by atoms with Crippen LogP contribution in [0.15, 0.2) is 36.8 Å². The van der Waals surface area contributed by atoms with Crippen molar-refractivity contribution < 1.29 is 10.2 Å². The Labute approximate surface area is 170 Å². The molecule has 0 saturated carbocycles. The summed E-state index contributed by atoms with van der Waals surface area (Å²) in [7, 11) is 0. The summed E-state index contributed by atoms with van der Waals surface area (Å²) in [6.45, 7) is 7.59. The molecule has 3 N–H and O–H groups in total. The number of nitrogens with one attached hydrogen (secondary N) is 1. The maximum absolute atomic E-state index is 9.79. The van der Waals surface area contributed by atoms with Crippen molar-refractivity contribution in [2.45, 2.75) is 39.9 Å². The summed E-state index contributed by atoms with van der Waals surface area (Å²) < 4.78 is 1.93. The van der Waals surface area contributed by atoms with E-state index in [1.165, 1.54) is 0 Å². The van der Waals surface area contributed by atoms with Gasteiger partial charge in [0, 0.05) is 48.6 Å². The smallest absolute Gasteiger partial charge is 0.229 e. The fourth-order valence-electron chi connectivity index (χ4n) is 3.82. The van der Waals surface area contributed by atoms with Crippen LogP contribution in [-0.4, -0.2) is 43.9 Å². The lowest BCUT2D eigenvalue weighted by Crippen LogP contribution is -2.21. The van der Waals surface area contributed by atoms with E-state index in [1.54, 1.807) is 6.20 Å². The van der Waals surface area contributed by atoms with Crippen LogP contribution in [0.5, 0.6) is 0 Å². The third kappa shape index (κ3) is 3.97. The van der Waals surface area contributed by atoms with Crippen molar-refractivity contribution in [3.8, 4) is 5.82 Å². The Hall–Kier alpha value is -2.90. The van der Waals surface area contributed by atoms with E-state index in [2.05, 4.69) is 39.2 Å². The Kier molecular flexibility index (Phi) is 5.25. The van der Waals surface area contributed by atoms with E-state index >= 15 is 0 Å². The number of aliphatic hydroxyl groups is 2. The molecular weight excluding hydrogens is 366 g/mol. The van der Waals surface area contributed by atoms with Gasteiger partial charge in [-0.15, -0.1) is 0 Å². The second kappa shape index (κ2) is 7.85. The number of nitrogens with zero attached hydrogens (tertiary/aromatic N) is 4. The van der Waals surface area contributed by atoms with Gasteiger partial charge in [0.05, 0.1) is 12.7 Å². The molecule has 2 aromatic heterocycles. The molecule has 1 fully saturated rings. The fourth-order valence-corrected chi connectivity index (χ4v) is 3.82. The zero-order valence-corrected chi connectivity index (χ0v) is 17.1. The predicted octanol–water partition coefficient (Wildman–Crippen LogP) is 3.00. The molecule has 0 radical (unpaired) electrons. The first-order chi connectivity index (χ1) is 13.9. The van der Waals surface area contributed by atoms with E-state index in [9.17, 15) is 10.2 Å². The summed E-state index contributed by atoms with van der Waals surface area (Å²) in [6.07, 6.45) is 6.24. The third-order valence-electron chi connectivity index (χ3n) is 5.45. The molecule has 3 heterocycles. The molecular formula is C22H27N5O2. The van der Waals surface area contributed by atoms with Gasteiger partial charge in [0.15, 0.2) is 0 Å². The lowest BCUT2D eigenvalue weighted by molar-refractivity contribution is 0.198. The molecule has 0 bridgehead atoms. The summed E-state index contributed by atoms with van der Waals surface area (Å²) in [5, 5.41) is 22.5. The molecule has 29 heavy (non-hydrogen) atoms. The topological polar surface area (TPSA) is 86.4 Å². The van der Waals surface area contributed by atoms with Crippen LogP contribution in [0.4, 0.5) is 17.3 Å². The molecule has 0 amide bonds. The third-order valence-corrected chi connectivity index (χ3v) is 5.45. The Morgan fingerprint density at radius 3 is 2.62 bits per heavy atom. The van der Waals surface area contributed by atoms with Crippen molar-refractivity contribution in [2.24, 2.45) is 0 Å². The van der Waals surface area contributed by atoms with E-state index in [4.69, 9.17) is 0 Å². The van der Waals surface area contributed by atoms with Crippen molar-refractivity contribution in [1.29, 1.82) is 0 Å². The largest absolute Gasteiger partial charge is 0.392 e. The van der Waals surface area contributed by atoms with E-state index < -0.39 is 0 Å². The van der Waals surface area contributed by atoms with Gasteiger partial charge in [-0.2, -0.15) is 4.98 Å². The van der Waals surface area contributed by atoms with Crippen LogP contribution in [0.1, 0.15) is 28.7 Å². The minimum absolute atomic E-state index is 0.00768. The normalized spacial score (nSPS) is 16.4. The van der Waals surface area contributed by atoms with E-state index in [0.717, 1.165) is 52.4 Å². The highest BCUT2D eigenvalue weighted by Crippen LogP contribution is 2.28. The van der Waals surface area contributed by atoms with Gasteiger partial charge in [-0.25, -0.2) is 4.98 Å². The lowest BCUT2D eigenvalue weighted by atomic mass is 10.1. The van der Waals surface area contributed by atoms with Gasteiger partial charge in [-0.1, -0.05) is 0 Å². The first-order valence-corrected chi connectivity index (χ1v) is 9.87. The molecule has 0 unspecified atom stereocenters. The summed E-state index contributed by atoms with van der Waals surface area (Å²) in [5.41, 5.74) is 6.07. The molecule has 0 spiro atoms. The van der Waals surface area contributed by atoms with Gasteiger partial charge < -0.3 is 25.0 Å². The van der Waals surface area contributed by atoms with Gasteiger partial charge in [-0.3, -0.25) is 0 Å². The van der Waals surface area contributed by atoms with E-state index in [1.807, 2.05) is 36.9 Å². The second-order valence-electron chi connectivity index (χ2n) is 7.75. The molecule has 1 saturated heterocycles. The summed E-state index contributed by atoms with van der Waals surface area (Å²) in [6, 6.07) is 6.17. The molecule has 7 heteroatoms. The van der Waals surface area contributed by atoms with Gasteiger partial charge >= 0.3 is 0 Å². The molecule has 7 nitrogen and oxygen atoms in total. The van der Waals surface area contributed by atoms with Crippen LogP contribution in [0, 0.1) is 20.8 Å². The van der Waals surface area contributed by atoms with Gasteiger partial charge in [0.2, 0.25) is 5.95 Å². The molecule has 1 aromatic carbocycles. The predicted molar refractivity (Wildman–Crippen MR) is 114 cm³/mol. The molecule has 1 aliphatic rings. The molecule has 1 aliphatic heterocycles. The number of rotatable bonds is 5. The summed E-state index contributed by atoms with van der Waals surface area (Å²) >= 11 is 0. The monoisotopic (exact) mass is 393 g/mol. The van der Waals surface area contributed by atoms with Gasteiger partial charge in [-0.05, 0) is 62.1 Å². The van der Waals surface area contributed by atoms with Gasteiger partial charge in [0.1, 0.15) is 5.82 Å². The highest BCUT2D eigenvalue weighted by Gasteiger charge is 2.21. The van der Waals surface area contributed by atoms with Crippen LogP contribution >= 0.6 is 0 Å². The number of β-amino-alcohol motifs (C(OH)–C–C–N with tert-alkyl or cyclic N) is 1. The number of hydrogen-bond donors (Lipinski definition) is 3. The highest BCUT2D eigenvalue weighted by atomic mass is 16.3. The number of aromatic nitrogens is 3. The maximum Gasteiger partial charge on any atom is 0.229 e. The quantitative estimate of drug-likeness (QED) is 0.618. The summed E-state index contributed by atoms with van der Waals surface area (Å²) in [5.74, 6) is 1.30. The number of aryl methyl sites for hydroxylation is 3. The average molecular weight is 393 g/mol. The minimum Gasteiger partial charge on any atom is -0.392 e. The van der Waals surface area contributed by atoms with Crippen LogP contribution in [0.25, 0.3) is 5.82 Å². The van der Waals surface area contributed by atoms with E-state index in [-0.39, 0.29) is 12.7 Å². The standard InChI is InChI=1S/C22H27N5O2/c1-14-8-18(4-5-20(14)26-7-6-19(29)12-26)24-22-23-9-15(2)21(25-22)27-10-16(3)17(11-27)13-28/h4-5,8-11,19,28-29H,6-7,12-13H2,1-3H3,(H,23,24,25)/t19-/m0/s1. The average Bonchev–Trinajstić information content (AvgIpc) is 3.28. The molecule has 4 rings (SSSR count). The Balaban J connectivity index is 1.57. The van der Waals surface area contributed by atoms with Crippen LogP contribution in [0.2, 0.25) is 0 Å².